The molecular formula is C25H33N5O2S. The predicted molar refractivity (Wildman–Crippen MR) is 134 cm³/mol. The zero-order valence-electron chi connectivity index (χ0n) is 20.2. The van der Waals surface area contributed by atoms with Gasteiger partial charge in [-0.25, -0.2) is 19.7 Å². The molecule has 7 nitrogen and oxygen atoms in total. The number of rotatable bonds is 8. The number of carboxylic acid groups (broad SMARTS) is 1. The molecule has 1 amide bonds. The van der Waals surface area contributed by atoms with E-state index in [1.807, 2.05) is 51.1 Å². The summed E-state index contributed by atoms with van der Waals surface area (Å²) in [5, 5.41) is 13.9. The highest BCUT2D eigenvalue weighted by Gasteiger charge is 2.26. The first kappa shape index (κ1) is 24.6. The highest BCUT2D eigenvalue weighted by Crippen LogP contribution is 2.35. The fourth-order valence-electron chi connectivity index (χ4n) is 3.38. The fraction of sp³-hybridized carbons (Fsp3) is 0.440. The SMILES string of the molecule is CCc1nc(C(C)CC)c(-c2ccnc(Nc3ccc(CN(C(=O)O)C(C)(C)C)cc3)n2)s1. The van der Waals surface area contributed by atoms with E-state index in [9.17, 15) is 9.90 Å². The molecule has 2 N–H and O–H groups in total. The average molecular weight is 468 g/mol. The smallest absolute Gasteiger partial charge is 0.408 e. The molecule has 0 saturated heterocycles. The van der Waals surface area contributed by atoms with Crippen LogP contribution in [0.3, 0.4) is 0 Å². The molecule has 1 aromatic carbocycles. The van der Waals surface area contributed by atoms with Crippen molar-refractivity contribution in [2.45, 2.75) is 72.4 Å². The van der Waals surface area contributed by atoms with Crippen LogP contribution in [0.5, 0.6) is 0 Å². The van der Waals surface area contributed by atoms with E-state index >= 15 is 0 Å². The molecule has 0 aliphatic rings. The van der Waals surface area contributed by atoms with Gasteiger partial charge in [0.15, 0.2) is 0 Å². The number of hydrogen-bond acceptors (Lipinski definition) is 6. The quantitative estimate of drug-likeness (QED) is 0.383. The van der Waals surface area contributed by atoms with Crippen molar-refractivity contribution in [3.8, 4) is 10.6 Å². The Morgan fingerprint density at radius 1 is 1.15 bits per heavy atom. The molecule has 0 bridgehead atoms. The van der Waals surface area contributed by atoms with E-state index in [0.717, 1.165) is 45.4 Å². The second-order valence-corrected chi connectivity index (χ2v) is 10.2. The molecule has 1 atom stereocenters. The van der Waals surface area contributed by atoms with Gasteiger partial charge in [-0.3, -0.25) is 4.90 Å². The summed E-state index contributed by atoms with van der Waals surface area (Å²) >= 11 is 1.70. The van der Waals surface area contributed by atoms with E-state index in [1.165, 1.54) is 4.90 Å². The second-order valence-electron chi connectivity index (χ2n) is 9.11. The predicted octanol–water partition coefficient (Wildman–Crippen LogP) is 6.70. The largest absolute Gasteiger partial charge is 0.465 e. The van der Waals surface area contributed by atoms with Gasteiger partial charge in [0.2, 0.25) is 5.95 Å². The van der Waals surface area contributed by atoms with E-state index < -0.39 is 11.6 Å². The maximum Gasteiger partial charge on any atom is 0.408 e. The lowest BCUT2D eigenvalue weighted by Crippen LogP contribution is -2.44. The van der Waals surface area contributed by atoms with Crippen molar-refractivity contribution in [2.24, 2.45) is 0 Å². The molecule has 0 aliphatic carbocycles. The van der Waals surface area contributed by atoms with Crippen LogP contribution in [0.15, 0.2) is 36.5 Å². The Morgan fingerprint density at radius 3 is 2.42 bits per heavy atom. The van der Waals surface area contributed by atoms with Crippen molar-refractivity contribution in [1.29, 1.82) is 0 Å². The van der Waals surface area contributed by atoms with Gasteiger partial charge in [-0.15, -0.1) is 11.3 Å². The lowest BCUT2D eigenvalue weighted by atomic mass is 10.0. The van der Waals surface area contributed by atoms with Crippen molar-refractivity contribution in [3.05, 3.63) is 52.8 Å². The first-order valence-corrected chi connectivity index (χ1v) is 12.1. The first-order chi connectivity index (χ1) is 15.6. The number of thiazole rings is 1. The third-order valence-corrected chi connectivity index (χ3v) is 6.80. The molecule has 2 aromatic heterocycles. The number of amides is 1. The minimum atomic E-state index is -0.930. The van der Waals surface area contributed by atoms with Gasteiger partial charge in [0.25, 0.3) is 0 Å². The maximum atomic E-state index is 11.6. The molecule has 2 heterocycles. The summed E-state index contributed by atoms with van der Waals surface area (Å²) in [4.78, 5) is 28.1. The zero-order chi connectivity index (χ0) is 24.2. The van der Waals surface area contributed by atoms with Gasteiger partial charge in [0.1, 0.15) is 0 Å². The lowest BCUT2D eigenvalue weighted by Gasteiger charge is -2.33. The Morgan fingerprint density at radius 2 is 1.85 bits per heavy atom. The minimum absolute atomic E-state index is 0.328. The summed E-state index contributed by atoms with van der Waals surface area (Å²) in [5.74, 6) is 0.887. The van der Waals surface area contributed by atoms with Crippen LogP contribution in [0.4, 0.5) is 16.4 Å². The van der Waals surface area contributed by atoms with Crippen LogP contribution >= 0.6 is 11.3 Å². The van der Waals surface area contributed by atoms with Crippen LogP contribution in [0.2, 0.25) is 0 Å². The fourth-order valence-corrected chi connectivity index (χ4v) is 4.48. The molecular weight excluding hydrogens is 434 g/mol. The van der Waals surface area contributed by atoms with Crippen LogP contribution < -0.4 is 5.32 Å². The molecule has 8 heteroatoms. The molecule has 1 unspecified atom stereocenters. The van der Waals surface area contributed by atoms with Gasteiger partial charge in [0.05, 0.1) is 21.3 Å². The highest BCUT2D eigenvalue weighted by atomic mass is 32.1. The summed E-state index contributed by atoms with van der Waals surface area (Å²) < 4.78 is 0. The van der Waals surface area contributed by atoms with Crippen molar-refractivity contribution in [2.75, 3.05) is 5.32 Å². The molecule has 0 aliphatic heterocycles. The zero-order valence-corrected chi connectivity index (χ0v) is 21.0. The summed E-state index contributed by atoms with van der Waals surface area (Å²) in [6, 6.07) is 9.61. The van der Waals surface area contributed by atoms with Crippen LogP contribution in [0, 0.1) is 0 Å². The number of anilines is 2. The molecule has 176 valence electrons. The number of hydrogen-bond donors (Lipinski definition) is 2. The number of nitrogens with zero attached hydrogens (tertiary/aromatic N) is 4. The van der Waals surface area contributed by atoms with Crippen LogP contribution in [-0.4, -0.2) is 36.6 Å². The molecule has 0 saturated carbocycles. The van der Waals surface area contributed by atoms with E-state index in [4.69, 9.17) is 9.97 Å². The van der Waals surface area contributed by atoms with E-state index in [0.29, 0.717) is 18.4 Å². The summed E-state index contributed by atoms with van der Waals surface area (Å²) in [7, 11) is 0. The number of benzene rings is 1. The van der Waals surface area contributed by atoms with E-state index in [-0.39, 0.29) is 0 Å². The lowest BCUT2D eigenvalue weighted by molar-refractivity contribution is 0.0955. The number of aryl methyl sites for hydroxylation is 1. The van der Waals surface area contributed by atoms with Crippen molar-refractivity contribution in [3.63, 3.8) is 0 Å². The monoisotopic (exact) mass is 467 g/mol. The maximum absolute atomic E-state index is 11.6. The van der Waals surface area contributed by atoms with Gasteiger partial charge in [-0.05, 0) is 63.3 Å². The van der Waals surface area contributed by atoms with Crippen LogP contribution in [0.1, 0.15) is 70.1 Å². The average Bonchev–Trinajstić information content (AvgIpc) is 3.22. The summed E-state index contributed by atoms with van der Waals surface area (Å²) in [5.41, 5.74) is 3.27. The van der Waals surface area contributed by atoms with Gasteiger partial charge in [-0.1, -0.05) is 32.9 Å². The Balaban J connectivity index is 1.79. The van der Waals surface area contributed by atoms with Gasteiger partial charge in [-0.2, -0.15) is 0 Å². The molecule has 0 fully saturated rings. The van der Waals surface area contributed by atoms with Crippen LogP contribution in [0.25, 0.3) is 10.6 Å². The normalized spacial score (nSPS) is 12.4. The van der Waals surface area contributed by atoms with Gasteiger partial charge >= 0.3 is 6.09 Å². The third kappa shape index (κ3) is 6.07. The molecule has 3 rings (SSSR count). The number of nitrogens with one attached hydrogen (secondary N) is 1. The van der Waals surface area contributed by atoms with Crippen molar-refractivity contribution in [1.82, 2.24) is 19.9 Å². The number of carbonyl (C=O) groups is 1. The summed E-state index contributed by atoms with van der Waals surface area (Å²) in [6.45, 7) is 12.5. The Bertz CT molecular complexity index is 1090. The Labute approximate surface area is 199 Å². The first-order valence-electron chi connectivity index (χ1n) is 11.3. The topological polar surface area (TPSA) is 91.2 Å². The Kier molecular flexibility index (Phi) is 7.68. The van der Waals surface area contributed by atoms with Crippen molar-refractivity contribution < 1.29 is 9.90 Å². The van der Waals surface area contributed by atoms with Gasteiger partial charge < -0.3 is 10.4 Å². The standard InChI is InChI=1S/C25H33N5O2S/c1-7-16(3)21-22(33-20(8-2)29-21)19-13-14-26-23(28-19)27-18-11-9-17(10-12-18)15-30(24(31)32)25(4,5)6/h9-14,16H,7-8,15H2,1-6H3,(H,31,32)(H,26,27,28). The molecule has 3 aromatic rings. The highest BCUT2D eigenvalue weighted by molar-refractivity contribution is 7.15. The number of aromatic nitrogens is 3. The molecule has 33 heavy (non-hydrogen) atoms. The Hall–Kier alpha value is -3.00. The van der Waals surface area contributed by atoms with E-state index in [1.54, 1.807) is 17.5 Å². The minimum Gasteiger partial charge on any atom is -0.465 e. The second kappa shape index (κ2) is 10.3. The molecule has 0 spiro atoms. The summed E-state index contributed by atoms with van der Waals surface area (Å²) in [6.07, 6.45) is 2.77. The molecule has 0 radical (unpaired) electrons. The van der Waals surface area contributed by atoms with Crippen LogP contribution in [-0.2, 0) is 13.0 Å². The van der Waals surface area contributed by atoms with E-state index in [2.05, 4.69) is 31.1 Å². The third-order valence-electron chi connectivity index (χ3n) is 5.56. The van der Waals surface area contributed by atoms with Crippen molar-refractivity contribution >= 4 is 29.1 Å². The van der Waals surface area contributed by atoms with Gasteiger partial charge in [0, 0.05) is 24.0 Å².